The van der Waals surface area contributed by atoms with Crippen LogP contribution in [0.4, 0.5) is 0 Å². The van der Waals surface area contributed by atoms with Crippen molar-refractivity contribution < 1.29 is 9.90 Å². The molecule has 0 amide bonds. The molecular weight excluding hydrogens is 132 g/mol. The number of hydrogen-bond acceptors (Lipinski definition) is 3. The third kappa shape index (κ3) is 7.10. The van der Waals surface area contributed by atoms with E-state index in [1.165, 1.54) is 0 Å². The van der Waals surface area contributed by atoms with Crippen LogP contribution in [0.2, 0.25) is 0 Å². The molecule has 0 heterocycles. The van der Waals surface area contributed by atoms with E-state index >= 15 is 0 Å². The van der Waals surface area contributed by atoms with E-state index < -0.39 is 5.97 Å². The highest BCUT2D eigenvalue weighted by molar-refractivity contribution is 5.69. The van der Waals surface area contributed by atoms with E-state index in [1.807, 2.05) is 0 Å². The molecule has 4 nitrogen and oxygen atoms in total. The van der Waals surface area contributed by atoms with Crippen LogP contribution in [0.15, 0.2) is 4.99 Å². The highest BCUT2D eigenvalue weighted by Gasteiger charge is 1.91. The molecule has 0 aliphatic heterocycles. The Labute approximate surface area is 60.0 Å². The van der Waals surface area contributed by atoms with Gasteiger partial charge < -0.3 is 15.4 Å². The molecule has 0 unspecified atom stereocenters. The summed E-state index contributed by atoms with van der Waals surface area (Å²) in [5, 5.41) is 10.9. The maximum Gasteiger partial charge on any atom is 0.317 e. The summed E-state index contributed by atoms with van der Waals surface area (Å²) in [6, 6.07) is 0. The number of rotatable bonds is 5. The number of carboxylic acid groups (broad SMARTS) is 1. The van der Waals surface area contributed by atoms with Crippen LogP contribution in [0.1, 0.15) is 6.42 Å². The lowest BCUT2D eigenvalue weighted by Crippen LogP contribution is -2.23. The quantitative estimate of drug-likeness (QED) is 0.413. The average molecular weight is 144 g/mol. The Bertz CT molecular complexity index is 123. The number of carboxylic acids is 1. The molecule has 0 atom stereocenters. The number of aliphatic carboxylic acids is 1. The molecule has 0 spiro atoms. The van der Waals surface area contributed by atoms with Gasteiger partial charge in [-0.05, 0) is 12.6 Å². The van der Waals surface area contributed by atoms with Crippen molar-refractivity contribution in [1.82, 2.24) is 5.32 Å². The van der Waals surface area contributed by atoms with Gasteiger partial charge in [-0.1, -0.05) is 0 Å². The van der Waals surface area contributed by atoms with Gasteiger partial charge in [-0.3, -0.25) is 4.79 Å². The summed E-state index contributed by atoms with van der Waals surface area (Å²) in [4.78, 5) is 13.7. The monoisotopic (exact) mass is 144 g/mol. The Hall–Kier alpha value is -0.900. The Morgan fingerprint density at radius 1 is 1.80 bits per heavy atom. The van der Waals surface area contributed by atoms with Gasteiger partial charge in [0.25, 0.3) is 0 Å². The normalized spacial score (nSPS) is 10.5. The van der Waals surface area contributed by atoms with E-state index in [0.717, 1.165) is 6.42 Å². The summed E-state index contributed by atoms with van der Waals surface area (Å²) in [6.07, 6.45) is 2.53. The van der Waals surface area contributed by atoms with E-state index in [2.05, 4.69) is 10.3 Å². The third-order valence-electron chi connectivity index (χ3n) is 0.909. The molecule has 0 aromatic heterocycles. The van der Waals surface area contributed by atoms with Crippen molar-refractivity contribution in [2.24, 2.45) is 4.99 Å². The topological polar surface area (TPSA) is 61.7 Å². The Balaban J connectivity index is 2.98. The second kappa shape index (κ2) is 6.22. The maximum absolute atomic E-state index is 9.94. The van der Waals surface area contributed by atoms with Crippen LogP contribution >= 0.6 is 0 Å². The van der Waals surface area contributed by atoms with Gasteiger partial charge in [0.15, 0.2) is 0 Å². The van der Waals surface area contributed by atoms with Crippen molar-refractivity contribution in [3.05, 3.63) is 0 Å². The molecule has 10 heavy (non-hydrogen) atoms. The predicted molar refractivity (Wildman–Crippen MR) is 39.5 cm³/mol. The average Bonchev–Trinajstić information content (AvgIpc) is 1.87. The SMILES string of the molecule is CN=CCCNCC(=O)O. The zero-order chi connectivity index (χ0) is 7.82. The fourth-order valence-corrected chi connectivity index (χ4v) is 0.491. The van der Waals surface area contributed by atoms with Crippen molar-refractivity contribution in [2.75, 3.05) is 20.1 Å². The van der Waals surface area contributed by atoms with Crippen LogP contribution in [0.3, 0.4) is 0 Å². The van der Waals surface area contributed by atoms with E-state index in [1.54, 1.807) is 13.3 Å². The molecule has 0 aromatic rings. The summed E-state index contributed by atoms with van der Waals surface area (Å²) < 4.78 is 0. The van der Waals surface area contributed by atoms with Gasteiger partial charge in [0.1, 0.15) is 0 Å². The van der Waals surface area contributed by atoms with Gasteiger partial charge in [-0.15, -0.1) is 0 Å². The Morgan fingerprint density at radius 2 is 2.50 bits per heavy atom. The lowest BCUT2D eigenvalue weighted by molar-refractivity contribution is -0.135. The molecule has 58 valence electrons. The fraction of sp³-hybridized carbons (Fsp3) is 0.667. The van der Waals surface area contributed by atoms with Crippen molar-refractivity contribution >= 4 is 12.2 Å². The molecule has 0 radical (unpaired) electrons. The molecule has 0 saturated heterocycles. The first-order valence-corrected chi connectivity index (χ1v) is 3.10. The van der Waals surface area contributed by atoms with Crippen molar-refractivity contribution in [1.29, 1.82) is 0 Å². The molecule has 0 bridgehead atoms. The Kier molecular flexibility index (Phi) is 5.66. The summed E-state index contributed by atoms with van der Waals surface area (Å²) >= 11 is 0. The van der Waals surface area contributed by atoms with E-state index in [9.17, 15) is 4.79 Å². The highest BCUT2D eigenvalue weighted by Crippen LogP contribution is 1.69. The summed E-state index contributed by atoms with van der Waals surface area (Å²) in [5.41, 5.74) is 0. The van der Waals surface area contributed by atoms with Gasteiger partial charge in [0.2, 0.25) is 0 Å². The van der Waals surface area contributed by atoms with Gasteiger partial charge in [0.05, 0.1) is 6.54 Å². The van der Waals surface area contributed by atoms with Crippen LogP contribution in [-0.2, 0) is 4.79 Å². The minimum atomic E-state index is -0.826. The van der Waals surface area contributed by atoms with Crippen LogP contribution in [0, 0.1) is 0 Å². The van der Waals surface area contributed by atoms with Gasteiger partial charge in [0, 0.05) is 13.6 Å². The molecule has 2 N–H and O–H groups in total. The Morgan fingerprint density at radius 3 is 3.00 bits per heavy atom. The minimum absolute atomic E-state index is 0.0254. The van der Waals surface area contributed by atoms with Gasteiger partial charge in [-0.2, -0.15) is 0 Å². The van der Waals surface area contributed by atoms with Crippen LogP contribution in [0.25, 0.3) is 0 Å². The minimum Gasteiger partial charge on any atom is -0.480 e. The lowest BCUT2D eigenvalue weighted by Gasteiger charge is -1.95. The fourth-order valence-electron chi connectivity index (χ4n) is 0.491. The first-order valence-electron chi connectivity index (χ1n) is 3.10. The van der Waals surface area contributed by atoms with Crippen LogP contribution in [-0.4, -0.2) is 37.4 Å². The molecule has 0 rings (SSSR count). The number of hydrogen-bond donors (Lipinski definition) is 2. The zero-order valence-corrected chi connectivity index (χ0v) is 6.00. The second-order valence-electron chi connectivity index (χ2n) is 1.80. The standard InChI is InChI=1S/C6H12N2O2/c1-7-3-2-4-8-5-6(9)10/h3,8H,2,4-5H2,1H3,(H,9,10). The third-order valence-corrected chi connectivity index (χ3v) is 0.909. The molecule has 0 aliphatic rings. The van der Waals surface area contributed by atoms with Crippen molar-refractivity contribution in [2.45, 2.75) is 6.42 Å². The zero-order valence-electron chi connectivity index (χ0n) is 6.00. The first kappa shape index (κ1) is 9.10. The number of nitrogens with one attached hydrogen (secondary N) is 1. The molecule has 0 fully saturated rings. The molecule has 0 aliphatic carbocycles. The lowest BCUT2D eigenvalue weighted by atomic mass is 10.4. The summed E-state index contributed by atoms with van der Waals surface area (Å²) in [7, 11) is 1.69. The van der Waals surface area contributed by atoms with Crippen LogP contribution in [0.5, 0.6) is 0 Å². The van der Waals surface area contributed by atoms with E-state index in [-0.39, 0.29) is 6.54 Å². The number of aliphatic imine (C=N–C) groups is 1. The van der Waals surface area contributed by atoms with E-state index in [4.69, 9.17) is 5.11 Å². The molecule has 4 heteroatoms. The van der Waals surface area contributed by atoms with Crippen molar-refractivity contribution in [3.63, 3.8) is 0 Å². The number of nitrogens with zero attached hydrogens (tertiary/aromatic N) is 1. The van der Waals surface area contributed by atoms with Gasteiger partial charge >= 0.3 is 5.97 Å². The number of carbonyl (C=O) groups is 1. The van der Waals surface area contributed by atoms with Crippen molar-refractivity contribution in [3.8, 4) is 0 Å². The highest BCUT2D eigenvalue weighted by atomic mass is 16.4. The molecule has 0 aromatic carbocycles. The van der Waals surface area contributed by atoms with Gasteiger partial charge in [-0.25, -0.2) is 0 Å². The summed E-state index contributed by atoms with van der Waals surface area (Å²) in [5.74, 6) is -0.826. The smallest absolute Gasteiger partial charge is 0.317 e. The largest absolute Gasteiger partial charge is 0.480 e. The second-order valence-corrected chi connectivity index (χ2v) is 1.80. The maximum atomic E-state index is 9.94. The summed E-state index contributed by atoms with van der Waals surface area (Å²) in [6.45, 7) is 0.696. The predicted octanol–water partition coefficient (Wildman–Crippen LogP) is -0.249. The molecule has 0 saturated carbocycles. The molecular formula is C6H12N2O2. The first-order chi connectivity index (χ1) is 4.77. The van der Waals surface area contributed by atoms with E-state index in [0.29, 0.717) is 6.54 Å². The van der Waals surface area contributed by atoms with Crippen LogP contribution < -0.4 is 5.32 Å².